The van der Waals surface area contributed by atoms with Gasteiger partial charge in [0.15, 0.2) is 0 Å². The lowest BCUT2D eigenvalue weighted by Gasteiger charge is -2.07. The zero-order chi connectivity index (χ0) is 14.5. The highest BCUT2D eigenvalue weighted by Gasteiger charge is 2.08. The molecule has 0 radical (unpaired) electrons. The summed E-state index contributed by atoms with van der Waals surface area (Å²) >= 11 is 9.18. The molecule has 0 saturated heterocycles. The van der Waals surface area contributed by atoms with Crippen LogP contribution in [-0.4, -0.2) is 5.91 Å². The van der Waals surface area contributed by atoms with Gasteiger partial charge in [-0.25, -0.2) is 4.39 Å². The first-order valence-corrected chi connectivity index (χ1v) is 7.21. The van der Waals surface area contributed by atoms with Crippen LogP contribution in [0.15, 0.2) is 46.9 Å². The van der Waals surface area contributed by atoms with E-state index in [2.05, 4.69) is 21.2 Å². The lowest BCUT2D eigenvalue weighted by Crippen LogP contribution is -2.13. The minimum atomic E-state index is -0.467. The van der Waals surface area contributed by atoms with Gasteiger partial charge >= 0.3 is 0 Å². The summed E-state index contributed by atoms with van der Waals surface area (Å²) < 4.78 is 14.2. The molecule has 0 bridgehead atoms. The second-order valence-electron chi connectivity index (χ2n) is 4.26. The molecule has 20 heavy (non-hydrogen) atoms. The molecule has 0 fully saturated rings. The number of anilines is 1. The van der Waals surface area contributed by atoms with E-state index in [9.17, 15) is 9.18 Å². The molecule has 0 atom stereocenters. The summed E-state index contributed by atoms with van der Waals surface area (Å²) in [6.07, 6.45) is 0.767. The molecule has 0 aliphatic carbocycles. The summed E-state index contributed by atoms with van der Waals surface area (Å²) in [6.45, 7) is 0. The van der Waals surface area contributed by atoms with E-state index < -0.39 is 5.82 Å². The van der Waals surface area contributed by atoms with Gasteiger partial charge in [0.05, 0.1) is 5.69 Å². The monoisotopic (exact) mass is 355 g/mol. The highest BCUT2D eigenvalue weighted by atomic mass is 79.9. The van der Waals surface area contributed by atoms with Crippen LogP contribution in [0.1, 0.15) is 12.0 Å². The molecule has 0 aliphatic rings. The standard InChI is InChI=1S/C15H12BrClFNO/c16-11-6-7-14(13(18)9-11)19-15(20)8-5-10-3-1-2-4-12(10)17/h1-4,6-7,9H,5,8H2,(H,19,20). The quantitative estimate of drug-likeness (QED) is 0.836. The Hall–Kier alpha value is -1.39. The third-order valence-corrected chi connectivity index (χ3v) is 3.65. The molecule has 0 spiro atoms. The number of rotatable bonds is 4. The molecule has 0 saturated carbocycles. The number of carbonyl (C=O) groups is 1. The number of benzene rings is 2. The van der Waals surface area contributed by atoms with Crippen LogP contribution < -0.4 is 5.32 Å². The molecular weight excluding hydrogens is 345 g/mol. The highest BCUT2D eigenvalue weighted by Crippen LogP contribution is 2.20. The first kappa shape index (κ1) is 15.0. The first-order valence-electron chi connectivity index (χ1n) is 6.04. The van der Waals surface area contributed by atoms with E-state index in [1.807, 2.05) is 18.2 Å². The van der Waals surface area contributed by atoms with Crippen LogP contribution in [0.25, 0.3) is 0 Å². The lowest BCUT2D eigenvalue weighted by atomic mass is 10.1. The van der Waals surface area contributed by atoms with Gasteiger partial charge in [0.1, 0.15) is 5.82 Å². The molecule has 2 aromatic rings. The van der Waals surface area contributed by atoms with Gasteiger partial charge in [0.2, 0.25) is 5.91 Å². The minimum absolute atomic E-state index is 0.178. The number of nitrogens with one attached hydrogen (secondary N) is 1. The fourth-order valence-electron chi connectivity index (χ4n) is 1.75. The number of halogens is 3. The number of hydrogen-bond acceptors (Lipinski definition) is 1. The predicted molar refractivity (Wildman–Crippen MR) is 82.5 cm³/mol. The Bertz CT molecular complexity index is 633. The fourth-order valence-corrected chi connectivity index (χ4v) is 2.32. The molecule has 2 aromatic carbocycles. The summed E-state index contributed by atoms with van der Waals surface area (Å²) in [7, 11) is 0. The van der Waals surface area contributed by atoms with Crippen LogP contribution in [0, 0.1) is 5.82 Å². The van der Waals surface area contributed by atoms with Gasteiger partial charge in [-0.15, -0.1) is 0 Å². The van der Waals surface area contributed by atoms with Crippen LogP contribution in [-0.2, 0) is 11.2 Å². The molecule has 1 amide bonds. The van der Waals surface area contributed by atoms with E-state index in [4.69, 9.17) is 11.6 Å². The van der Waals surface area contributed by atoms with Crippen LogP contribution >= 0.6 is 27.5 Å². The van der Waals surface area contributed by atoms with E-state index in [-0.39, 0.29) is 18.0 Å². The Morgan fingerprint density at radius 1 is 1.25 bits per heavy atom. The van der Waals surface area contributed by atoms with Gasteiger partial charge < -0.3 is 5.32 Å². The van der Waals surface area contributed by atoms with Crippen molar-refractivity contribution in [2.24, 2.45) is 0 Å². The molecule has 0 aliphatic heterocycles. The summed E-state index contributed by atoms with van der Waals surface area (Å²) in [4.78, 5) is 11.8. The van der Waals surface area contributed by atoms with E-state index in [1.165, 1.54) is 12.1 Å². The van der Waals surface area contributed by atoms with Crippen molar-refractivity contribution in [2.45, 2.75) is 12.8 Å². The average molecular weight is 357 g/mol. The smallest absolute Gasteiger partial charge is 0.224 e. The summed E-state index contributed by atoms with van der Waals surface area (Å²) in [6, 6.07) is 11.9. The van der Waals surface area contributed by atoms with E-state index in [0.29, 0.717) is 15.9 Å². The third kappa shape index (κ3) is 4.05. The molecule has 2 nitrogen and oxygen atoms in total. The molecule has 104 valence electrons. The van der Waals surface area contributed by atoms with Crippen molar-refractivity contribution in [3.8, 4) is 0 Å². The Labute approximate surface area is 130 Å². The molecule has 2 rings (SSSR count). The van der Waals surface area contributed by atoms with E-state index >= 15 is 0 Å². The van der Waals surface area contributed by atoms with Gasteiger partial charge in [-0.2, -0.15) is 0 Å². The van der Waals surface area contributed by atoms with E-state index in [0.717, 1.165) is 5.56 Å². The largest absolute Gasteiger partial charge is 0.324 e. The molecule has 5 heteroatoms. The lowest BCUT2D eigenvalue weighted by molar-refractivity contribution is -0.116. The van der Waals surface area contributed by atoms with Crippen molar-refractivity contribution in [3.63, 3.8) is 0 Å². The van der Waals surface area contributed by atoms with Crippen LogP contribution in [0.5, 0.6) is 0 Å². The van der Waals surface area contributed by atoms with Crippen LogP contribution in [0.4, 0.5) is 10.1 Å². The van der Waals surface area contributed by atoms with Crippen molar-refractivity contribution in [2.75, 3.05) is 5.32 Å². The SMILES string of the molecule is O=C(CCc1ccccc1Cl)Nc1ccc(Br)cc1F. The van der Waals surface area contributed by atoms with Crippen molar-refractivity contribution < 1.29 is 9.18 Å². The molecule has 0 unspecified atom stereocenters. The van der Waals surface area contributed by atoms with Gasteiger partial charge in [0, 0.05) is 15.9 Å². The second-order valence-corrected chi connectivity index (χ2v) is 5.59. The van der Waals surface area contributed by atoms with Gasteiger partial charge in [-0.05, 0) is 36.2 Å². The number of carbonyl (C=O) groups excluding carboxylic acids is 1. The minimum Gasteiger partial charge on any atom is -0.324 e. The maximum atomic E-state index is 13.6. The molecule has 1 N–H and O–H groups in total. The zero-order valence-corrected chi connectivity index (χ0v) is 12.8. The molecule has 0 aromatic heterocycles. The maximum absolute atomic E-state index is 13.6. The molecule has 0 heterocycles. The van der Waals surface area contributed by atoms with E-state index in [1.54, 1.807) is 12.1 Å². The number of aryl methyl sites for hydroxylation is 1. The average Bonchev–Trinajstić information content (AvgIpc) is 2.41. The Morgan fingerprint density at radius 2 is 2.00 bits per heavy atom. The predicted octanol–water partition coefficient (Wildman–Crippen LogP) is 4.81. The second kappa shape index (κ2) is 6.86. The number of amides is 1. The van der Waals surface area contributed by atoms with Gasteiger partial charge in [0.25, 0.3) is 0 Å². The summed E-state index contributed by atoms with van der Waals surface area (Å²) in [5.74, 6) is -0.711. The number of hydrogen-bond donors (Lipinski definition) is 1. The Balaban J connectivity index is 1.94. The zero-order valence-electron chi connectivity index (χ0n) is 10.5. The van der Waals surface area contributed by atoms with Gasteiger partial charge in [-0.3, -0.25) is 4.79 Å². The van der Waals surface area contributed by atoms with Crippen molar-refractivity contribution >= 4 is 39.1 Å². The van der Waals surface area contributed by atoms with Crippen molar-refractivity contribution in [3.05, 3.63) is 63.3 Å². The van der Waals surface area contributed by atoms with Crippen molar-refractivity contribution in [1.29, 1.82) is 0 Å². The Morgan fingerprint density at radius 3 is 2.70 bits per heavy atom. The van der Waals surface area contributed by atoms with Crippen LogP contribution in [0.2, 0.25) is 5.02 Å². The summed E-state index contributed by atoms with van der Waals surface area (Å²) in [5, 5.41) is 3.18. The first-order chi connectivity index (χ1) is 9.56. The fraction of sp³-hybridized carbons (Fsp3) is 0.133. The molecular formula is C15H12BrClFNO. The van der Waals surface area contributed by atoms with Gasteiger partial charge in [-0.1, -0.05) is 45.7 Å². The topological polar surface area (TPSA) is 29.1 Å². The maximum Gasteiger partial charge on any atom is 0.224 e. The van der Waals surface area contributed by atoms with Crippen LogP contribution in [0.3, 0.4) is 0 Å². The third-order valence-electron chi connectivity index (χ3n) is 2.78. The summed E-state index contributed by atoms with van der Waals surface area (Å²) in [5.41, 5.74) is 1.08. The highest BCUT2D eigenvalue weighted by molar-refractivity contribution is 9.10. The van der Waals surface area contributed by atoms with Crippen molar-refractivity contribution in [1.82, 2.24) is 0 Å². The normalized spacial score (nSPS) is 10.3. The Kier molecular flexibility index (Phi) is 5.15.